The summed E-state index contributed by atoms with van der Waals surface area (Å²) in [7, 11) is 0. The van der Waals surface area contributed by atoms with Crippen LogP contribution in [0.25, 0.3) is 0 Å². The largest absolute Gasteiger partial charge is 0.451 e. The van der Waals surface area contributed by atoms with Crippen molar-refractivity contribution in [2.75, 3.05) is 6.61 Å². The predicted octanol–water partition coefficient (Wildman–Crippen LogP) is 1.48. The SMILES string of the molecule is Cc1ccc(OP(=S)(NC(C)C(=O)OC(C)I)OC[C@H]2O[C@@H](n3ccc(=O)[nH]c3=O)[C@](C)(O)[C@@H]2O)cc1. The number of rotatable bonds is 10. The van der Waals surface area contributed by atoms with Crippen LogP contribution in [0, 0.1) is 6.92 Å². The number of esters is 1. The third-order valence-electron chi connectivity index (χ3n) is 5.50. The molecule has 37 heavy (non-hydrogen) atoms. The summed E-state index contributed by atoms with van der Waals surface area (Å²) in [6.45, 7) is 2.65. The van der Waals surface area contributed by atoms with Crippen LogP contribution in [0.15, 0.2) is 46.1 Å². The van der Waals surface area contributed by atoms with Crippen molar-refractivity contribution in [3.63, 3.8) is 0 Å². The number of alkyl halides is 1. The van der Waals surface area contributed by atoms with Gasteiger partial charge in [-0.05, 0) is 74.2 Å². The predicted molar refractivity (Wildman–Crippen MR) is 146 cm³/mol. The molecule has 1 fully saturated rings. The number of carbonyl (C=O) groups is 1. The van der Waals surface area contributed by atoms with Gasteiger partial charge in [-0.2, -0.15) is 0 Å². The Morgan fingerprint density at radius 2 is 1.97 bits per heavy atom. The minimum Gasteiger partial charge on any atom is -0.451 e. The summed E-state index contributed by atoms with van der Waals surface area (Å²) in [5.41, 5.74) is -2.37. The minimum atomic E-state index is -3.45. The standard InChI is InChI=1S/C22H29IN3O9PS/c1-12-5-7-15(8-6-12)35-36(37,25-13(2)19(29)33-14(3)23)32-11-16-18(28)22(4,31)20(34-16)26-10-9-17(27)24-21(26)30/h5-10,13-14,16,18,20,28,31H,11H2,1-4H3,(H,25,37)(H,24,27,30)/t13?,14?,16-,18-,20-,22-,36?/m1/s1. The number of aryl methyl sites for hydroxylation is 1. The summed E-state index contributed by atoms with van der Waals surface area (Å²) in [5.74, 6) is -0.174. The summed E-state index contributed by atoms with van der Waals surface area (Å²) >= 11 is 7.61. The summed E-state index contributed by atoms with van der Waals surface area (Å²) in [6, 6.07) is 7.23. The van der Waals surface area contributed by atoms with Crippen molar-refractivity contribution in [2.45, 2.75) is 61.9 Å². The van der Waals surface area contributed by atoms with Crippen LogP contribution in [0.5, 0.6) is 5.75 Å². The number of hydrogen-bond donors (Lipinski definition) is 4. The molecule has 2 aromatic rings. The number of H-pyrrole nitrogens is 1. The van der Waals surface area contributed by atoms with Gasteiger partial charge in [0.05, 0.1) is 6.61 Å². The summed E-state index contributed by atoms with van der Waals surface area (Å²) < 4.78 is 23.5. The lowest BCUT2D eigenvalue weighted by molar-refractivity contribution is -0.145. The minimum absolute atomic E-state index is 0.355. The molecule has 1 aliphatic rings. The molecule has 15 heteroatoms. The normalized spacial score (nSPS) is 26.7. The molecule has 0 radical (unpaired) electrons. The van der Waals surface area contributed by atoms with Crippen molar-refractivity contribution in [3.8, 4) is 5.75 Å². The third-order valence-corrected chi connectivity index (χ3v) is 8.25. The molecular formula is C22H29IN3O9PS. The van der Waals surface area contributed by atoms with E-state index >= 15 is 0 Å². The zero-order chi connectivity index (χ0) is 27.5. The van der Waals surface area contributed by atoms with Crippen LogP contribution >= 0.6 is 29.2 Å². The van der Waals surface area contributed by atoms with Crippen molar-refractivity contribution >= 4 is 47.0 Å². The fraction of sp³-hybridized carbons (Fsp3) is 0.500. The van der Waals surface area contributed by atoms with Crippen LogP contribution in [0.1, 0.15) is 32.6 Å². The number of nitrogens with one attached hydrogen (secondary N) is 2. The first-order chi connectivity index (χ1) is 17.2. The molecule has 0 saturated carbocycles. The first-order valence-electron chi connectivity index (χ1n) is 11.2. The first kappa shape index (κ1) is 29.9. The Bertz CT molecular complexity index is 1270. The van der Waals surface area contributed by atoms with Crippen LogP contribution in [0.3, 0.4) is 0 Å². The molecule has 0 aliphatic carbocycles. The number of benzene rings is 1. The third kappa shape index (κ3) is 7.47. The quantitative estimate of drug-likeness (QED) is 0.126. The van der Waals surface area contributed by atoms with Crippen molar-refractivity contribution < 1.29 is 33.5 Å². The zero-order valence-electron chi connectivity index (χ0n) is 20.5. The number of aliphatic hydroxyl groups excluding tert-OH is 1. The fourth-order valence-corrected chi connectivity index (χ4v) is 6.21. The molecule has 0 bridgehead atoms. The van der Waals surface area contributed by atoms with E-state index < -0.39 is 53.9 Å². The number of hydrogen-bond acceptors (Lipinski definition) is 10. The monoisotopic (exact) mass is 669 g/mol. The molecule has 3 unspecified atom stereocenters. The summed E-state index contributed by atoms with van der Waals surface area (Å²) in [6.07, 6.45) is -2.81. The van der Waals surface area contributed by atoms with Crippen LogP contribution in [-0.2, 0) is 30.6 Å². The van der Waals surface area contributed by atoms with Crippen LogP contribution in [-0.4, -0.2) is 60.3 Å². The van der Waals surface area contributed by atoms with Gasteiger partial charge >= 0.3 is 18.3 Å². The number of aromatic nitrogens is 2. The Kier molecular flexibility index (Phi) is 9.72. The van der Waals surface area contributed by atoms with Crippen molar-refractivity contribution in [1.29, 1.82) is 0 Å². The van der Waals surface area contributed by atoms with E-state index in [1.807, 2.05) is 41.6 Å². The lowest BCUT2D eigenvalue weighted by Crippen LogP contribution is -2.47. The van der Waals surface area contributed by atoms with E-state index in [1.165, 1.54) is 6.92 Å². The number of nitrogens with zero attached hydrogens (tertiary/aromatic N) is 1. The molecule has 0 spiro atoms. The van der Waals surface area contributed by atoms with E-state index in [0.717, 1.165) is 22.4 Å². The second-order valence-corrected chi connectivity index (χ2v) is 13.6. The first-order valence-corrected chi connectivity index (χ1v) is 15.1. The Labute approximate surface area is 231 Å². The molecule has 12 nitrogen and oxygen atoms in total. The zero-order valence-corrected chi connectivity index (χ0v) is 24.4. The van der Waals surface area contributed by atoms with Gasteiger partial charge in [-0.25, -0.2) is 9.88 Å². The average molecular weight is 669 g/mol. The van der Waals surface area contributed by atoms with Gasteiger partial charge in [0.2, 0.25) is 0 Å². The highest BCUT2D eigenvalue weighted by Crippen LogP contribution is 2.47. The molecular weight excluding hydrogens is 640 g/mol. The Hall–Kier alpha value is -1.65. The Balaban J connectivity index is 1.81. The lowest BCUT2D eigenvalue weighted by atomic mass is 9.96. The van der Waals surface area contributed by atoms with Gasteiger partial charge in [0, 0.05) is 12.3 Å². The van der Waals surface area contributed by atoms with E-state index in [0.29, 0.717) is 5.75 Å². The van der Waals surface area contributed by atoms with Gasteiger partial charge in [0.1, 0.15) is 33.7 Å². The van der Waals surface area contributed by atoms with Crippen molar-refractivity contribution in [2.24, 2.45) is 0 Å². The van der Waals surface area contributed by atoms with Crippen molar-refractivity contribution in [3.05, 3.63) is 62.9 Å². The molecule has 1 aromatic carbocycles. The topological polar surface area (TPSA) is 161 Å². The van der Waals surface area contributed by atoms with E-state index in [1.54, 1.807) is 26.0 Å². The second kappa shape index (κ2) is 12.0. The highest BCUT2D eigenvalue weighted by molar-refractivity contribution is 14.1. The summed E-state index contributed by atoms with van der Waals surface area (Å²) in [4.78, 5) is 38.1. The van der Waals surface area contributed by atoms with Gasteiger partial charge in [0.25, 0.3) is 5.56 Å². The number of carbonyl (C=O) groups excluding carboxylic acids is 1. The van der Waals surface area contributed by atoms with E-state index in [9.17, 15) is 24.6 Å². The number of aliphatic hydroxyl groups is 2. The molecule has 1 saturated heterocycles. The molecule has 3 rings (SSSR count). The molecule has 2 heterocycles. The van der Waals surface area contributed by atoms with Crippen LogP contribution in [0.4, 0.5) is 0 Å². The molecule has 204 valence electrons. The fourth-order valence-electron chi connectivity index (χ4n) is 3.54. The number of halogens is 1. The van der Waals surface area contributed by atoms with Gasteiger partial charge < -0.3 is 28.7 Å². The smallest absolute Gasteiger partial charge is 0.330 e. The molecule has 0 amide bonds. The van der Waals surface area contributed by atoms with Crippen LogP contribution < -0.4 is 20.9 Å². The van der Waals surface area contributed by atoms with Gasteiger partial charge in [0.15, 0.2) is 6.23 Å². The van der Waals surface area contributed by atoms with Crippen LogP contribution in [0.2, 0.25) is 0 Å². The molecule has 7 atom stereocenters. The highest BCUT2D eigenvalue weighted by Gasteiger charge is 2.53. The molecule has 4 N–H and O–H groups in total. The number of aromatic amines is 1. The van der Waals surface area contributed by atoms with Gasteiger partial charge in [-0.15, -0.1) is 0 Å². The van der Waals surface area contributed by atoms with Gasteiger partial charge in [-0.3, -0.25) is 19.1 Å². The van der Waals surface area contributed by atoms with E-state index in [-0.39, 0.29) is 10.7 Å². The van der Waals surface area contributed by atoms with E-state index in [4.69, 9.17) is 30.3 Å². The van der Waals surface area contributed by atoms with Gasteiger partial charge in [-0.1, -0.05) is 17.7 Å². The number of ether oxygens (including phenoxy) is 2. The molecule has 1 aromatic heterocycles. The Morgan fingerprint density at radius 3 is 2.57 bits per heavy atom. The average Bonchev–Trinajstić information content (AvgIpc) is 3.02. The maximum Gasteiger partial charge on any atom is 0.330 e. The van der Waals surface area contributed by atoms with Crippen molar-refractivity contribution in [1.82, 2.24) is 14.6 Å². The maximum atomic E-state index is 12.4. The second-order valence-electron chi connectivity index (χ2n) is 8.74. The lowest BCUT2D eigenvalue weighted by Gasteiger charge is -2.28. The summed E-state index contributed by atoms with van der Waals surface area (Å²) in [5, 5.41) is 24.6. The maximum absolute atomic E-state index is 12.4. The van der Waals surface area contributed by atoms with E-state index in [2.05, 4.69) is 10.1 Å². The highest BCUT2D eigenvalue weighted by atomic mass is 127. The Morgan fingerprint density at radius 1 is 1.32 bits per heavy atom. The molecule has 1 aliphatic heterocycles.